The first-order valence-electron chi connectivity index (χ1n) is 4.73. The number of rotatable bonds is 5. The fraction of sp³-hybridized carbons (Fsp3) is 0.400. The molecule has 0 radical (unpaired) electrons. The number of esters is 1. The van der Waals surface area contributed by atoms with Gasteiger partial charge < -0.3 is 10.1 Å². The van der Waals surface area contributed by atoms with Gasteiger partial charge in [-0.25, -0.2) is 4.98 Å². The molecule has 0 fully saturated rings. The van der Waals surface area contributed by atoms with Crippen molar-refractivity contribution in [2.24, 2.45) is 0 Å². The van der Waals surface area contributed by atoms with Gasteiger partial charge in [-0.05, 0) is 13.0 Å². The third-order valence-corrected chi connectivity index (χ3v) is 1.69. The molecule has 1 N–H and O–H groups in total. The van der Waals surface area contributed by atoms with Crippen molar-refractivity contribution in [2.75, 3.05) is 18.5 Å². The van der Waals surface area contributed by atoms with Gasteiger partial charge in [0.1, 0.15) is 0 Å². The van der Waals surface area contributed by atoms with Crippen LogP contribution < -0.4 is 5.32 Å². The lowest BCUT2D eigenvalue weighted by Gasteiger charge is -2.05. The highest BCUT2D eigenvalue weighted by atomic mass is 19.1. The second-order valence-corrected chi connectivity index (χ2v) is 2.85. The van der Waals surface area contributed by atoms with Gasteiger partial charge in [0, 0.05) is 24.5 Å². The summed E-state index contributed by atoms with van der Waals surface area (Å²) in [5.41, 5.74) is 0.604. The summed E-state index contributed by atoms with van der Waals surface area (Å²) in [5.74, 6) is -0.810. The minimum Gasteiger partial charge on any atom is -0.466 e. The SMILES string of the molecule is CCOC(=O)CCNc1ccnc(F)c1. The zero-order chi connectivity index (χ0) is 11.1. The smallest absolute Gasteiger partial charge is 0.307 e. The number of anilines is 1. The zero-order valence-corrected chi connectivity index (χ0v) is 8.50. The lowest BCUT2D eigenvalue weighted by Crippen LogP contribution is -2.11. The van der Waals surface area contributed by atoms with Crippen LogP contribution in [0.25, 0.3) is 0 Å². The van der Waals surface area contributed by atoms with Gasteiger partial charge in [0.15, 0.2) is 0 Å². The Morgan fingerprint density at radius 3 is 3.13 bits per heavy atom. The third-order valence-electron chi connectivity index (χ3n) is 1.69. The normalized spacial score (nSPS) is 9.73. The average molecular weight is 212 g/mol. The topological polar surface area (TPSA) is 51.2 Å². The maximum atomic E-state index is 12.6. The predicted octanol–water partition coefficient (Wildman–Crippen LogP) is 1.59. The van der Waals surface area contributed by atoms with Crippen LogP contribution in [0.2, 0.25) is 0 Å². The first-order valence-corrected chi connectivity index (χ1v) is 4.73. The van der Waals surface area contributed by atoms with Crippen molar-refractivity contribution in [1.29, 1.82) is 0 Å². The molecular formula is C10H13FN2O2. The minimum absolute atomic E-state index is 0.262. The number of pyridine rings is 1. The Hall–Kier alpha value is -1.65. The quantitative estimate of drug-likeness (QED) is 0.594. The number of hydrogen-bond donors (Lipinski definition) is 1. The second-order valence-electron chi connectivity index (χ2n) is 2.85. The van der Waals surface area contributed by atoms with Gasteiger partial charge in [0.25, 0.3) is 0 Å². The van der Waals surface area contributed by atoms with Crippen LogP contribution in [-0.2, 0) is 9.53 Å². The molecule has 0 unspecified atom stereocenters. The molecule has 0 aromatic carbocycles. The van der Waals surface area contributed by atoms with E-state index in [1.807, 2.05) is 0 Å². The molecule has 0 spiro atoms. The Morgan fingerprint density at radius 1 is 1.67 bits per heavy atom. The van der Waals surface area contributed by atoms with E-state index in [9.17, 15) is 9.18 Å². The van der Waals surface area contributed by atoms with Gasteiger partial charge >= 0.3 is 5.97 Å². The van der Waals surface area contributed by atoms with Gasteiger partial charge in [-0.3, -0.25) is 4.79 Å². The minimum atomic E-state index is -0.545. The van der Waals surface area contributed by atoms with E-state index in [4.69, 9.17) is 4.74 Å². The maximum absolute atomic E-state index is 12.6. The number of carbonyl (C=O) groups is 1. The van der Waals surface area contributed by atoms with Crippen LogP contribution in [-0.4, -0.2) is 24.1 Å². The lowest BCUT2D eigenvalue weighted by molar-refractivity contribution is -0.142. The highest BCUT2D eigenvalue weighted by molar-refractivity contribution is 5.70. The zero-order valence-electron chi connectivity index (χ0n) is 8.50. The fourth-order valence-electron chi connectivity index (χ4n) is 1.05. The van der Waals surface area contributed by atoms with E-state index in [-0.39, 0.29) is 12.4 Å². The summed E-state index contributed by atoms with van der Waals surface area (Å²) in [6, 6.07) is 2.90. The monoisotopic (exact) mass is 212 g/mol. The Labute approximate surface area is 87.5 Å². The van der Waals surface area contributed by atoms with Crippen LogP contribution in [0.5, 0.6) is 0 Å². The summed E-state index contributed by atoms with van der Waals surface area (Å²) in [7, 11) is 0. The van der Waals surface area contributed by atoms with Crippen molar-refractivity contribution < 1.29 is 13.9 Å². The number of halogens is 1. The molecule has 1 aromatic heterocycles. The van der Waals surface area contributed by atoms with Crippen molar-refractivity contribution in [3.63, 3.8) is 0 Å². The predicted molar refractivity (Wildman–Crippen MR) is 53.9 cm³/mol. The van der Waals surface area contributed by atoms with Gasteiger partial charge in [-0.1, -0.05) is 0 Å². The summed E-state index contributed by atoms with van der Waals surface area (Å²) >= 11 is 0. The molecule has 1 aromatic rings. The molecule has 0 saturated heterocycles. The van der Waals surface area contributed by atoms with Crippen LogP contribution in [0.1, 0.15) is 13.3 Å². The van der Waals surface area contributed by atoms with Crippen molar-refractivity contribution in [2.45, 2.75) is 13.3 Å². The Kier molecular flexibility index (Phi) is 4.53. The average Bonchev–Trinajstić information content (AvgIpc) is 2.18. The molecule has 0 saturated carbocycles. The number of nitrogens with zero attached hydrogens (tertiary/aromatic N) is 1. The van der Waals surface area contributed by atoms with Crippen molar-refractivity contribution in [3.8, 4) is 0 Å². The summed E-state index contributed by atoms with van der Waals surface area (Å²) in [6.45, 7) is 2.55. The molecule has 0 aliphatic rings. The molecule has 82 valence electrons. The second kappa shape index (κ2) is 5.95. The summed E-state index contributed by atoms with van der Waals surface area (Å²) in [6.07, 6.45) is 1.62. The van der Waals surface area contributed by atoms with Crippen LogP contribution in [0.4, 0.5) is 10.1 Å². The number of ether oxygens (including phenoxy) is 1. The number of hydrogen-bond acceptors (Lipinski definition) is 4. The molecule has 4 nitrogen and oxygen atoms in total. The molecular weight excluding hydrogens is 199 g/mol. The molecule has 0 atom stereocenters. The molecule has 1 rings (SSSR count). The third kappa shape index (κ3) is 4.39. The van der Waals surface area contributed by atoms with E-state index in [0.29, 0.717) is 18.8 Å². The maximum Gasteiger partial charge on any atom is 0.307 e. The van der Waals surface area contributed by atoms with Crippen LogP contribution in [0.15, 0.2) is 18.3 Å². The van der Waals surface area contributed by atoms with E-state index in [0.717, 1.165) is 0 Å². The molecule has 0 amide bonds. The first kappa shape index (κ1) is 11.4. The Balaban J connectivity index is 2.28. The number of carbonyl (C=O) groups excluding carboxylic acids is 1. The summed E-state index contributed by atoms with van der Waals surface area (Å²) in [5, 5.41) is 2.89. The van der Waals surface area contributed by atoms with Gasteiger partial charge in [0.05, 0.1) is 13.0 Å². The van der Waals surface area contributed by atoms with E-state index in [1.54, 1.807) is 13.0 Å². The molecule has 15 heavy (non-hydrogen) atoms. The van der Waals surface area contributed by atoms with Crippen LogP contribution in [0, 0.1) is 5.95 Å². The van der Waals surface area contributed by atoms with Crippen molar-refractivity contribution >= 4 is 11.7 Å². The Bertz CT molecular complexity index is 331. The molecule has 1 heterocycles. The molecule has 0 aliphatic carbocycles. The molecule has 5 heteroatoms. The first-order chi connectivity index (χ1) is 7.22. The largest absolute Gasteiger partial charge is 0.466 e. The molecule has 0 bridgehead atoms. The Morgan fingerprint density at radius 2 is 2.47 bits per heavy atom. The lowest BCUT2D eigenvalue weighted by atomic mass is 10.3. The van der Waals surface area contributed by atoms with Crippen molar-refractivity contribution in [3.05, 3.63) is 24.3 Å². The standard InChI is InChI=1S/C10H13FN2O2/c1-2-15-10(14)4-6-12-8-3-5-13-9(11)7-8/h3,5,7H,2,4,6H2,1H3,(H,12,13). The summed E-state index contributed by atoms with van der Waals surface area (Å²) < 4.78 is 17.4. The van der Waals surface area contributed by atoms with E-state index >= 15 is 0 Å². The number of nitrogens with one attached hydrogen (secondary N) is 1. The van der Waals surface area contributed by atoms with E-state index in [2.05, 4.69) is 10.3 Å². The highest BCUT2D eigenvalue weighted by Gasteiger charge is 2.01. The van der Waals surface area contributed by atoms with E-state index in [1.165, 1.54) is 12.3 Å². The van der Waals surface area contributed by atoms with Gasteiger partial charge in [-0.15, -0.1) is 0 Å². The summed E-state index contributed by atoms with van der Waals surface area (Å²) in [4.78, 5) is 14.4. The van der Waals surface area contributed by atoms with Gasteiger partial charge in [0.2, 0.25) is 5.95 Å². The molecule has 0 aliphatic heterocycles. The fourth-order valence-corrected chi connectivity index (χ4v) is 1.05. The van der Waals surface area contributed by atoms with Crippen LogP contribution in [0.3, 0.4) is 0 Å². The van der Waals surface area contributed by atoms with Crippen molar-refractivity contribution in [1.82, 2.24) is 4.98 Å². The van der Waals surface area contributed by atoms with E-state index < -0.39 is 5.95 Å². The number of aromatic nitrogens is 1. The van der Waals surface area contributed by atoms with Crippen LogP contribution >= 0.6 is 0 Å². The highest BCUT2D eigenvalue weighted by Crippen LogP contribution is 2.06. The van der Waals surface area contributed by atoms with Gasteiger partial charge in [-0.2, -0.15) is 4.39 Å².